The van der Waals surface area contributed by atoms with Gasteiger partial charge in [-0.05, 0) is 79.8 Å². The summed E-state index contributed by atoms with van der Waals surface area (Å²) >= 11 is 4.82. The third-order valence-electron chi connectivity index (χ3n) is 8.54. The van der Waals surface area contributed by atoms with Gasteiger partial charge in [0.2, 0.25) is 0 Å². The molecule has 3 aromatic carbocycles. The van der Waals surface area contributed by atoms with Crippen LogP contribution in [0, 0.1) is 5.41 Å². The summed E-state index contributed by atoms with van der Waals surface area (Å²) in [6.07, 6.45) is 4.90. The number of amides is 1. The predicted molar refractivity (Wildman–Crippen MR) is 214 cm³/mol. The van der Waals surface area contributed by atoms with Crippen LogP contribution in [0.5, 0.6) is 11.5 Å². The summed E-state index contributed by atoms with van der Waals surface area (Å²) in [6.45, 7) is 4.82. The molecule has 1 amide bonds. The molecule has 0 radical (unpaired) electrons. The number of aliphatic hydroxyl groups excluding tert-OH is 1. The number of aldehydes is 1. The van der Waals surface area contributed by atoms with Crippen LogP contribution in [0.1, 0.15) is 30.4 Å². The molecule has 0 atom stereocenters. The van der Waals surface area contributed by atoms with Crippen molar-refractivity contribution >= 4 is 46.2 Å². The van der Waals surface area contributed by atoms with Crippen molar-refractivity contribution in [2.75, 3.05) is 83.6 Å². The van der Waals surface area contributed by atoms with E-state index in [0.29, 0.717) is 56.1 Å². The first-order chi connectivity index (χ1) is 27.4. The fourth-order valence-corrected chi connectivity index (χ4v) is 5.86. The van der Waals surface area contributed by atoms with Crippen molar-refractivity contribution in [1.82, 2.24) is 10.5 Å². The number of fused-ring (bicyclic) bond motifs is 2. The zero-order valence-electron chi connectivity index (χ0n) is 31.9. The number of amidine groups is 1. The average molecular weight is 978 g/mol. The second-order valence-corrected chi connectivity index (χ2v) is 12.9. The Hall–Kier alpha value is -4.44. The molecular weight excluding hydrogens is 928 g/mol. The second kappa shape index (κ2) is 26.5. The van der Waals surface area contributed by atoms with Crippen LogP contribution in [-0.4, -0.2) is 113 Å². The van der Waals surface area contributed by atoms with E-state index in [1.807, 2.05) is 36.4 Å². The number of nitrogens with two attached hydrogens (primary N) is 1. The topological polar surface area (TPSA) is 221 Å². The number of anilines is 1. The van der Waals surface area contributed by atoms with Crippen LogP contribution in [0.25, 0.3) is 27.5 Å². The summed E-state index contributed by atoms with van der Waals surface area (Å²) in [5.41, 5.74) is 4.65. The Kier molecular flexibility index (Phi) is 21.8. The maximum Gasteiger partial charge on any atom is 0.258 e. The van der Waals surface area contributed by atoms with E-state index in [9.17, 15) is 4.79 Å². The summed E-state index contributed by atoms with van der Waals surface area (Å²) in [4.78, 5) is 23.1. The Morgan fingerprint density at radius 2 is 1.88 bits per heavy atom. The average Bonchev–Trinajstić information content (AvgIpc) is 3.66. The van der Waals surface area contributed by atoms with Gasteiger partial charge < -0.3 is 54.7 Å². The molecule has 5 N–H and O–H groups in total. The Morgan fingerprint density at radius 1 is 1.11 bits per heavy atom. The van der Waals surface area contributed by atoms with Crippen LogP contribution in [-0.2, 0) is 46.5 Å². The molecule has 1 fully saturated rings. The molecular formula is C39H50ClN8O8W-. The fourth-order valence-electron chi connectivity index (χ4n) is 5.86. The van der Waals surface area contributed by atoms with Gasteiger partial charge in [-0.3, -0.25) is 10.2 Å². The first-order valence-corrected chi connectivity index (χ1v) is 18.9. The van der Waals surface area contributed by atoms with Gasteiger partial charge in [0.05, 0.1) is 50.4 Å². The molecule has 2 aliphatic rings. The monoisotopic (exact) mass is 977 g/mol. The van der Waals surface area contributed by atoms with Gasteiger partial charge in [-0.1, -0.05) is 22.5 Å². The van der Waals surface area contributed by atoms with E-state index in [4.69, 9.17) is 56.2 Å². The number of carbonyl (C=O) groups is 2. The quantitative estimate of drug-likeness (QED) is 0.0170. The number of rotatable bonds is 16. The third kappa shape index (κ3) is 15.8. The molecule has 0 bridgehead atoms. The minimum Gasteiger partial charge on any atom is -0.662 e. The van der Waals surface area contributed by atoms with E-state index in [1.165, 1.54) is 11.3 Å². The smallest absolute Gasteiger partial charge is 0.258 e. The number of benzene rings is 3. The van der Waals surface area contributed by atoms with Crippen molar-refractivity contribution < 1.29 is 59.2 Å². The molecule has 2 aliphatic heterocycles. The number of alkyl halides is 1. The van der Waals surface area contributed by atoms with E-state index < -0.39 is 0 Å². The minimum absolute atomic E-state index is 0. The van der Waals surface area contributed by atoms with Crippen molar-refractivity contribution in [1.29, 1.82) is 5.41 Å². The van der Waals surface area contributed by atoms with Gasteiger partial charge in [0.1, 0.15) is 23.3 Å². The van der Waals surface area contributed by atoms with Gasteiger partial charge in [-0.25, -0.2) is 0 Å². The Balaban J connectivity index is 0.000000276. The molecule has 6 rings (SSSR count). The Morgan fingerprint density at radius 3 is 2.61 bits per heavy atom. The molecule has 0 saturated carbocycles. The van der Waals surface area contributed by atoms with Gasteiger partial charge in [0, 0.05) is 58.0 Å². The number of aromatic nitrogens is 1. The SMILES string of the molecule is CN1CCCc2cc(OCC(=O)NCCOCCOCCO)ccc21.N=C(N=NN)c1ccc2noc(-c3cccc(OC4CC[N-]CC4)c3)c2c1.O=CCCl.[W]. The molecule has 3 heterocycles. The summed E-state index contributed by atoms with van der Waals surface area (Å²) < 4.78 is 27.6. The van der Waals surface area contributed by atoms with E-state index in [1.54, 1.807) is 18.2 Å². The number of nitrogens with zero attached hydrogens (tertiary/aromatic N) is 5. The number of hydrogen-bond acceptors (Lipinski definition) is 12. The molecule has 18 heteroatoms. The van der Waals surface area contributed by atoms with Crippen LogP contribution < -0.4 is 25.5 Å². The molecule has 57 heavy (non-hydrogen) atoms. The number of aryl methyl sites for hydroxylation is 1. The van der Waals surface area contributed by atoms with Crippen molar-refractivity contribution in [2.24, 2.45) is 16.2 Å². The maximum absolute atomic E-state index is 11.8. The molecule has 0 spiro atoms. The Labute approximate surface area is 351 Å². The molecule has 308 valence electrons. The normalized spacial score (nSPS) is 13.6. The van der Waals surface area contributed by atoms with Crippen LogP contribution in [0.2, 0.25) is 0 Å². The fraction of sp³-hybridized carbons (Fsp3) is 0.436. The van der Waals surface area contributed by atoms with Crippen molar-refractivity contribution in [3.05, 3.63) is 77.1 Å². The molecule has 0 unspecified atom stereocenters. The number of hydrogen-bond donors (Lipinski definition) is 4. The number of nitrogens with one attached hydrogen (secondary N) is 2. The summed E-state index contributed by atoms with van der Waals surface area (Å²) in [5, 5.41) is 35.2. The van der Waals surface area contributed by atoms with E-state index in [-0.39, 0.29) is 58.0 Å². The zero-order valence-corrected chi connectivity index (χ0v) is 35.6. The largest absolute Gasteiger partial charge is 0.662 e. The number of halogens is 1. The first kappa shape index (κ1) is 46.9. The summed E-state index contributed by atoms with van der Waals surface area (Å²) in [5.74, 6) is 7.10. The minimum atomic E-state index is -0.171. The first-order valence-electron chi connectivity index (χ1n) is 18.4. The van der Waals surface area contributed by atoms with E-state index in [0.717, 1.165) is 67.8 Å². The van der Waals surface area contributed by atoms with Gasteiger partial charge in [-0.2, -0.15) is 0 Å². The predicted octanol–water partition coefficient (Wildman–Crippen LogP) is 5.07. The van der Waals surface area contributed by atoms with Gasteiger partial charge >= 0.3 is 0 Å². The summed E-state index contributed by atoms with van der Waals surface area (Å²) in [7, 11) is 2.09. The van der Waals surface area contributed by atoms with Crippen molar-refractivity contribution in [3.63, 3.8) is 0 Å². The molecule has 1 aromatic heterocycles. The number of piperidine rings is 1. The van der Waals surface area contributed by atoms with Crippen LogP contribution in [0.15, 0.2) is 75.5 Å². The van der Waals surface area contributed by atoms with E-state index >= 15 is 0 Å². The van der Waals surface area contributed by atoms with Crippen molar-refractivity contribution in [2.45, 2.75) is 31.8 Å². The molecule has 4 aromatic rings. The standard InChI is InChI=1S/C19H19N6O2.C18H28N2O5.C2H3ClO.W/c20-19(23-25-21)13-4-5-17-16(11-13)18(27-24-17)12-2-1-3-15(10-12)26-14-6-8-22-9-7-14;1-20-7-2-3-15-13-16(4-5-17(15)20)25-14-18(22)19-6-9-23-11-12-24-10-8-21;3-1-2-4;/h1-5,10-11,14H,6-9H2,(H3,20,21,23);4-5,13,21H,2-3,6-12,14H2,1H3,(H,19,22);2H,1H2;/q-1;;;. The van der Waals surface area contributed by atoms with Gasteiger partial charge in [-0.15, -0.1) is 29.8 Å². The van der Waals surface area contributed by atoms with Gasteiger partial charge in [0.25, 0.3) is 5.91 Å². The Bertz CT molecular complexity index is 1860. The third-order valence-corrected chi connectivity index (χ3v) is 8.66. The van der Waals surface area contributed by atoms with Crippen LogP contribution in [0.3, 0.4) is 0 Å². The van der Waals surface area contributed by atoms with Crippen LogP contribution >= 0.6 is 11.6 Å². The number of ether oxygens (including phenoxy) is 4. The molecule has 0 aliphatic carbocycles. The summed E-state index contributed by atoms with van der Waals surface area (Å²) in [6, 6.07) is 19.1. The molecule has 16 nitrogen and oxygen atoms in total. The zero-order chi connectivity index (χ0) is 40.0. The molecule has 1 saturated heterocycles. The van der Waals surface area contributed by atoms with E-state index in [2.05, 4.69) is 44.1 Å². The van der Waals surface area contributed by atoms with Gasteiger partial charge in [0.15, 0.2) is 18.2 Å². The number of carbonyl (C=O) groups excluding carboxylic acids is 2. The number of aliphatic hydroxyl groups is 1. The van der Waals surface area contributed by atoms with Crippen LogP contribution in [0.4, 0.5) is 5.69 Å². The van der Waals surface area contributed by atoms with Crippen molar-refractivity contribution in [3.8, 4) is 22.8 Å². The maximum atomic E-state index is 11.8. The second-order valence-electron chi connectivity index (χ2n) is 12.5.